The molecule has 0 saturated carbocycles. The third-order valence-electron chi connectivity index (χ3n) is 3.08. The molecule has 0 aliphatic carbocycles. The van der Waals surface area contributed by atoms with Gasteiger partial charge in [0.25, 0.3) is 0 Å². The molecule has 0 heterocycles. The van der Waals surface area contributed by atoms with Crippen molar-refractivity contribution in [3.63, 3.8) is 0 Å². The zero-order valence-corrected chi connectivity index (χ0v) is 11.6. The van der Waals surface area contributed by atoms with E-state index in [0.29, 0.717) is 6.41 Å². The van der Waals surface area contributed by atoms with Gasteiger partial charge in [0.15, 0.2) is 0 Å². The van der Waals surface area contributed by atoms with E-state index in [2.05, 4.69) is 5.32 Å². The molecule has 2 rings (SSSR count). The molecule has 20 heavy (non-hydrogen) atoms. The van der Waals surface area contributed by atoms with Crippen LogP contribution in [0.3, 0.4) is 0 Å². The van der Waals surface area contributed by atoms with Gasteiger partial charge in [0.2, 0.25) is 6.41 Å². The van der Waals surface area contributed by atoms with Gasteiger partial charge in [-0.15, -0.1) is 0 Å². The van der Waals surface area contributed by atoms with E-state index in [-0.39, 0.29) is 0 Å². The highest BCUT2D eigenvalue weighted by Crippen LogP contribution is 2.28. The van der Waals surface area contributed by atoms with E-state index in [1.54, 1.807) is 7.11 Å². The number of anilines is 1. The Morgan fingerprint density at radius 3 is 2.55 bits per heavy atom. The molecule has 1 N–H and O–H groups in total. The lowest BCUT2D eigenvalue weighted by molar-refractivity contribution is -0.105. The Hall–Kier alpha value is -2.55. The minimum Gasteiger partial charge on any atom is -0.496 e. The third-order valence-corrected chi connectivity index (χ3v) is 3.08. The predicted molar refractivity (Wildman–Crippen MR) is 82.7 cm³/mol. The molecule has 0 aliphatic heterocycles. The zero-order chi connectivity index (χ0) is 14.4. The molecule has 2 aromatic carbocycles. The monoisotopic (exact) mass is 267 g/mol. The van der Waals surface area contributed by atoms with Crippen LogP contribution in [0.5, 0.6) is 5.75 Å². The van der Waals surface area contributed by atoms with Crippen LogP contribution in [0.1, 0.15) is 18.1 Å². The van der Waals surface area contributed by atoms with Crippen molar-refractivity contribution < 1.29 is 9.53 Å². The third kappa shape index (κ3) is 3.06. The fraction of sp³-hybridized carbons (Fsp3) is 0.118. The molecule has 0 radical (unpaired) electrons. The van der Waals surface area contributed by atoms with Crippen LogP contribution in [-0.4, -0.2) is 13.5 Å². The smallest absolute Gasteiger partial charge is 0.211 e. The molecule has 0 fully saturated rings. The summed E-state index contributed by atoms with van der Waals surface area (Å²) in [6, 6.07) is 15.5. The molecule has 0 spiro atoms. The van der Waals surface area contributed by atoms with Crippen molar-refractivity contribution in [3.8, 4) is 5.75 Å². The Balaban J connectivity index is 2.42. The van der Waals surface area contributed by atoms with E-state index in [0.717, 1.165) is 28.1 Å². The summed E-state index contributed by atoms with van der Waals surface area (Å²) >= 11 is 0. The lowest BCUT2D eigenvalue weighted by Crippen LogP contribution is -1.97. The molecule has 0 aliphatic rings. The van der Waals surface area contributed by atoms with E-state index < -0.39 is 0 Å². The number of carbonyl (C=O) groups is 1. The van der Waals surface area contributed by atoms with Gasteiger partial charge in [-0.3, -0.25) is 4.79 Å². The number of benzene rings is 2. The van der Waals surface area contributed by atoms with Crippen LogP contribution in [0.15, 0.2) is 48.5 Å². The highest BCUT2D eigenvalue weighted by Gasteiger charge is 2.05. The minimum absolute atomic E-state index is 0.690. The van der Waals surface area contributed by atoms with Gasteiger partial charge in [0.05, 0.1) is 7.11 Å². The number of carbonyl (C=O) groups excluding carboxylic acids is 1. The maximum atomic E-state index is 10.7. The lowest BCUT2D eigenvalue weighted by atomic mass is 10.0. The Kier molecular flexibility index (Phi) is 4.56. The molecule has 3 nitrogen and oxygen atoms in total. The Morgan fingerprint density at radius 2 is 1.80 bits per heavy atom. The summed E-state index contributed by atoms with van der Waals surface area (Å²) in [4.78, 5) is 10.7. The molecule has 0 atom stereocenters. The van der Waals surface area contributed by atoms with Crippen LogP contribution in [0.2, 0.25) is 0 Å². The molecule has 0 unspecified atom stereocenters. The second kappa shape index (κ2) is 6.57. The predicted octanol–water partition coefficient (Wildman–Crippen LogP) is 3.82. The number of rotatable bonds is 5. The fourth-order valence-corrected chi connectivity index (χ4v) is 2.11. The van der Waals surface area contributed by atoms with E-state index in [9.17, 15) is 4.79 Å². The van der Waals surface area contributed by atoms with Gasteiger partial charge < -0.3 is 10.1 Å². The van der Waals surface area contributed by atoms with Gasteiger partial charge >= 0.3 is 0 Å². The van der Waals surface area contributed by atoms with Crippen molar-refractivity contribution in [1.82, 2.24) is 0 Å². The van der Waals surface area contributed by atoms with Crippen LogP contribution >= 0.6 is 0 Å². The van der Waals surface area contributed by atoms with Crippen LogP contribution in [0, 0.1) is 0 Å². The summed E-state index contributed by atoms with van der Waals surface area (Å²) in [5, 5.41) is 2.72. The number of methoxy groups -OCH3 is 1. The van der Waals surface area contributed by atoms with Crippen LogP contribution in [0.25, 0.3) is 11.6 Å². The first-order valence-electron chi connectivity index (χ1n) is 6.37. The Labute approximate surface area is 118 Å². The largest absolute Gasteiger partial charge is 0.496 e. The van der Waals surface area contributed by atoms with Crippen LogP contribution < -0.4 is 10.1 Å². The lowest BCUT2D eigenvalue weighted by Gasteiger charge is -2.10. The summed E-state index contributed by atoms with van der Waals surface area (Å²) in [7, 11) is 1.66. The normalized spacial score (nSPS) is 11.0. The summed E-state index contributed by atoms with van der Waals surface area (Å²) in [5.41, 5.74) is 3.85. The van der Waals surface area contributed by atoms with Crippen molar-refractivity contribution in [2.75, 3.05) is 12.4 Å². The quantitative estimate of drug-likeness (QED) is 0.660. The number of para-hydroxylation sites is 2. The second-order valence-electron chi connectivity index (χ2n) is 4.38. The summed E-state index contributed by atoms with van der Waals surface area (Å²) < 4.78 is 5.34. The number of allylic oxidation sites excluding steroid dienone is 1. The molecule has 0 aromatic heterocycles. The Morgan fingerprint density at radius 1 is 1.10 bits per heavy atom. The molecule has 102 valence electrons. The highest BCUT2D eigenvalue weighted by atomic mass is 16.5. The highest BCUT2D eigenvalue weighted by molar-refractivity contribution is 5.89. The van der Waals surface area contributed by atoms with Crippen molar-refractivity contribution in [2.24, 2.45) is 0 Å². The summed E-state index contributed by atoms with van der Waals surface area (Å²) in [6.07, 6.45) is 2.74. The molecular weight excluding hydrogens is 250 g/mol. The van der Waals surface area contributed by atoms with Crippen molar-refractivity contribution >= 4 is 23.7 Å². The van der Waals surface area contributed by atoms with Gasteiger partial charge in [-0.25, -0.2) is 0 Å². The van der Waals surface area contributed by atoms with E-state index in [4.69, 9.17) is 4.74 Å². The molecule has 1 amide bonds. The van der Waals surface area contributed by atoms with E-state index >= 15 is 0 Å². The SMILES string of the molecule is COc1ccccc1/C=C(\C)c1ccccc1NC=O. The maximum Gasteiger partial charge on any atom is 0.211 e. The summed E-state index contributed by atoms with van der Waals surface area (Å²) in [5.74, 6) is 0.827. The molecule has 3 heteroatoms. The second-order valence-corrected chi connectivity index (χ2v) is 4.38. The first kappa shape index (κ1) is 13.9. The first-order chi connectivity index (χ1) is 9.76. The van der Waals surface area contributed by atoms with Crippen LogP contribution in [0.4, 0.5) is 5.69 Å². The fourth-order valence-electron chi connectivity index (χ4n) is 2.11. The van der Waals surface area contributed by atoms with Crippen molar-refractivity contribution in [3.05, 3.63) is 59.7 Å². The number of amides is 1. The first-order valence-corrected chi connectivity index (χ1v) is 6.37. The average Bonchev–Trinajstić information content (AvgIpc) is 2.48. The minimum atomic E-state index is 0.690. The van der Waals surface area contributed by atoms with Gasteiger partial charge in [0.1, 0.15) is 5.75 Å². The standard InChI is InChI=1S/C17H17NO2/c1-13(11-14-7-3-6-10-17(14)20-2)15-8-4-5-9-16(15)18-12-19/h3-12H,1-2H3,(H,18,19)/b13-11+. The van der Waals surface area contributed by atoms with Gasteiger partial charge in [-0.2, -0.15) is 0 Å². The van der Waals surface area contributed by atoms with Gasteiger partial charge in [-0.1, -0.05) is 36.4 Å². The van der Waals surface area contributed by atoms with Crippen molar-refractivity contribution in [2.45, 2.75) is 6.92 Å². The van der Waals surface area contributed by atoms with E-state index in [1.807, 2.05) is 61.5 Å². The number of ether oxygens (including phenoxy) is 1. The number of nitrogens with one attached hydrogen (secondary N) is 1. The topological polar surface area (TPSA) is 38.3 Å². The molecule has 2 aromatic rings. The average molecular weight is 267 g/mol. The maximum absolute atomic E-state index is 10.7. The molecule has 0 bridgehead atoms. The van der Waals surface area contributed by atoms with Gasteiger partial charge in [-0.05, 0) is 30.7 Å². The number of hydrogen-bond donors (Lipinski definition) is 1. The Bertz CT molecular complexity index is 632. The molecular formula is C17H17NO2. The van der Waals surface area contributed by atoms with E-state index in [1.165, 1.54) is 0 Å². The summed E-state index contributed by atoms with van der Waals surface area (Å²) in [6.45, 7) is 2.01. The van der Waals surface area contributed by atoms with Gasteiger partial charge in [0, 0.05) is 16.8 Å². The van der Waals surface area contributed by atoms with Crippen molar-refractivity contribution in [1.29, 1.82) is 0 Å². The number of hydrogen-bond acceptors (Lipinski definition) is 2. The van der Waals surface area contributed by atoms with Crippen LogP contribution in [-0.2, 0) is 4.79 Å². The zero-order valence-electron chi connectivity index (χ0n) is 11.6. The molecule has 0 saturated heterocycles.